The van der Waals surface area contributed by atoms with Crippen molar-refractivity contribution in [1.29, 1.82) is 0 Å². The van der Waals surface area contributed by atoms with Crippen LogP contribution < -0.4 is 4.90 Å². The zero-order chi connectivity index (χ0) is 21.9. The molecule has 6 nitrogen and oxygen atoms in total. The van der Waals surface area contributed by atoms with Crippen molar-refractivity contribution in [2.75, 3.05) is 37.8 Å². The number of benzene rings is 2. The maximum Gasteiger partial charge on any atom is 0.244 e. The highest BCUT2D eigenvalue weighted by atomic mass is 35.5. The number of nitrogens with zero attached hydrogens (tertiary/aromatic N) is 3. The van der Waals surface area contributed by atoms with E-state index in [2.05, 4.69) is 4.98 Å². The summed E-state index contributed by atoms with van der Waals surface area (Å²) in [4.78, 5) is 21.0. The molecule has 1 heterocycles. The molecule has 0 N–H and O–H groups in total. The number of aromatic nitrogens is 1. The number of rotatable bonds is 8. The second kappa shape index (κ2) is 10.5. The lowest BCUT2D eigenvalue weighted by Gasteiger charge is -2.22. The van der Waals surface area contributed by atoms with Gasteiger partial charge in [-0.1, -0.05) is 30.4 Å². The van der Waals surface area contributed by atoms with E-state index < -0.39 is 27.3 Å². The van der Waals surface area contributed by atoms with Gasteiger partial charge in [0.2, 0.25) is 5.91 Å². The quantitative estimate of drug-likeness (QED) is 0.454. The molecule has 0 saturated heterocycles. The second-order valence-corrected chi connectivity index (χ2v) is 10.2. The summed E-state index contributed by atoms with van der Waals surface area (Å²) in [5, 5.41) is 0.479. The molecule has 3 rings (SSSR count). The summed E-state index contributed by atoms with van der Waals surface area (Å²) in [5.74, 6) is -1.80. The molecule has 1 aromatic heterocycles. The third-order valence-electron chi connectivity index (χ3n) is 4.66. The zero-order valence-electron chi connectivity index (χ0n) is 17.5. The number of hydrogen-bond acceptors (Lipinski definition) is 6. The molecule has 0 radical (unpaired) electrons. The lowest BCUT2D eigenvalue weighted by Crippen LogP contribution is -2.40. The lowest BCUT2D eigenvalue weighted by molar-refractivity contribution is -0.116. The topological polar surface area (TPSA) is 70.6 Å². The summed E-state index contributed by atoms with van der Waals surface area (Å²) < 4.78 is 39.5. The maximum atomic E-state index is 13.1. The molecule has 0 aliphatic carbocycles. The first-order chi connectivity index (χ1) is 14.2. The fourth-order valence-corrected chi connectivity index (χ4v) is 5.24. The molecule has 0 atom stereocenters. The van der Waals surface area contributed by atoms with Crippen molar-refractivity contribution in [3.63, 3.8) is 0 Å². The van der Waals surface area contributed by atoms with Crippen molar-refractivity contribution in [3.05, 3.63) is 53.8 Å². The highest BCUT2D eigenvalue weighted by Gasteiger charge is 2.27. The standard InChI is InChI=1S/C21H24FN3O3S2.ClH/c1-4-15-6-5-7-18-20(15)23-21(29-18)25(13-12-24(2)3)19(26)14-30(27,28)17-10-8-16(22)9-11-17;/h5-11H,4,12-14H2,1-3H3;1H. The van der Waals surface area contributed by atoms with Crippen LogP contribution in [0.5, 0.6) is 0 Å². The largest absolute Gasteiger partial charge is 0.308 e. The number of carbonyl (C=O) groups is 1. The molecular formula is C21H25ClFN3O3S2. The molecule has 0 fully saturated rings. The molecule has 0 aliphatic rings. The summed E-state index contributed by atoms with van der Waals surface area (Å²) in [6.07, 6.45) is 0.811. The number of aryl methyl sites for hydroxylation is 1. The van der Waals surface area contributed by atoms with Gasteiger partial charge < -0.3 is 4.90 Å². The molecule has 0 spiro atoms. The molecule has 0 bridgehead atoms. The normalized spacial score (nSPS) is 11.5. The molecule has 3 aromatic rings. The summed E-state index contributed by atoms with van der Waals surface area (Å²) in [7, 11) is -0.145. The minimum atomic E-state index is -3.91. The van der Waals surface area contributed by atoms with Gasteiger partial charge >= 0.3 is 0 Å². The predicted molar refractivity (Wildman–Crippen MR) is 126 cm³/mol. The fraction of sp³-hybridized carbons (Fsp3) is 0.333. The van der Waals surface area contributed by atoms with E-state index in [1.165, 1.54) is 28.4 Å². The van der Waals surface area contributed by atoms with Gasteiger partial charge in [-0.3, -0.25) is 9.69 Å². The Morgan fingerprint density at radius 2 is 1.77 bits per heavy atom. The number of halogens is 2. The fourth-order valence-electron chi connectivity index (χ4n) is 2.99. The first-order valence-electron chi connectivity index (χ1n) is 9.53. The van der Waals surface area contributed by atoms with Crippen molar-refractivity contribution in [2.45, 2.75) is 18.2 Å². The van der Waals surface area contributed by atoms with Crippen LogP contribution >= 0.6 is 23.7 Å². The number of anilines is 1. The van der Waals surface area contributed by atoms with Crippen molar-refractivity contribution in [1.82, 2.24) is 9.88 Å². The van der Waals surface area contributed by atoms with Gasteiger partial charge in [-0.15, -0.1) is 12.4 Å². The number of likely N-dealkylation sites (N-methyl/N-ethyl adjacent to an activating group) is 1. The molecular weight excluding hydrogens is 461 g/mol. The number of fused-ring (bicyclic) bond motifs is 1. The Bertz CT molecular complexity index is 1150. The summed E-state index contributed by atoms with van der Waals surface area (Å²) in [6, 6.07) is 10.4. The third kappa shape index (κ3) is 6.00. The minimum Gasteiger partial charge on any atom is -0.308 e. The lowest BCUT2D eigenvalue weighted by atomic mass is 10.1. The molecule has 31 heavy (non-hydrogen) atoms. The smallest absolute Gasteiger partial charge is 0.244 e. The van der Waals surface area contributed by atoms with E-state index in [0.717, 1.165) is 34.3 Å². The number of para-hydroxylation sites is 1. The van der Waals surface area contributed by atoms with Crippen LogP contribution in [0, 0.1) is 5.82 Å². The van der Waals surface area contributed by atoms with E-state index >= 15 is 0 Å². The van der Waals surface area contributed by atoms with Gasteiger partial charge in [-0.25, -0.2) is 17.8 Å². The minimum absolute atomic E-state index is 0. The first kappa shape index (κ1) is 25.2. The number of sulfone groups is 1. The van der Waals surface area contributed by atoms with Crippen molar-refractivity contribution >= 4 is 54.8 Å². The highest BCUT2D eigenvalue weighted by Crippen LogP contribution is 2.31. The monoisotopic (exact) mass is 485 g/mol. The van der Waals surface area contributed by atoms with E-state index in [-0.39, 0.29) is 17.3 Å². The summed E-state index contributed by atoms with van der Waals surface area (Å²) in [5.41, 5.74) is 1.91. The van der Waals surface area contributed by atoms with Gasteiger partial charge in [-0.2, -0.15) is 0 Å². The number of thiazole rings is 1. The van der Waals surface area contributed by atoms with Crippen LogP contribution in [0.15, 0.2) is 47.4 Å². The molecule has 2 aromatic carbocycles. The Balaban J connectivity index is 0.00000341. The van der Waals surface area contributed by atoms with Crippen molar-refractivity contribution in [2.24, 2.45) is 0 Å². The van der Waals surface area contributed by atoms with E-state index in [1.807, 2.05) is 44.1 Å². The van der Waals surface area contributed by atoms with E-state index in [9.17, 15) is 17.6 Å². The van der Waals surface area contributed by atoms with Gasteiger partial charge in [0.1, 0.15) is 11.6 Å². The molecule has 10 heteroatoms. The van der Waals surface area contributed by atoms with Gasteiger partial charge in [0.05, 0.1) is 15.1 Å². The van der Waals surface area contributed by atoms with Gasteiger partial charge in [0.15, 0.2) is 15.0 Å². The van der Waals surface area contributed by atoms with Crippen LogP contribution in [-0.4, -0.2) is 57.1 Å². The average molecular weight is 486 g/mol. The van der Waals surface area contributed by atoms with E-state index in [0.29, 0.717) is 18.2 Å². The Morgan fingerprint density at radius 1 is 1.10 bits per heavy atom. The van der Waals surface area contributed by atoms with E-state index in [4.69, 9.17) is 0 Å². The Kier molecular flexibility index (Phi) is 8.53. The number of carbonyl (C=O) groups excluding carboxylic acids is 1. The van der Waals surface area contributed by atoms with Gasteiger partial charge in [0.25, 0.3) is 0 Å². The average Bonchev–Trinajstić information content (AvgIpc) is 3.11. The van der Waals surface area contributed by atoms with Crippen molar-refractivity contribution in [3.8, 4) is 0 Å². The van der Waals surface area contributed by atoms with Gasteiger partial charge in [-0.05, 0) is 56.4 Å². The number of amides is 1. The summed E-state index contributed by atoms with van der Waals surface area (Å²) in [6.45, 7) is 2.91. The Hall–Kier alpha value is -2.07. The Labute approximate surface area is 192 Å². The molecule has 0 unspecified atom stereocenters. The van der Waals surface area contributed by atoms with Crippen LogP contribution in [0.3, 0.4) is 0 Å². The SMILES string of the molecule is CCc1cccc2sc(N(CCN(C)C)C(=O)CS(=O)(=O)c3ccc(F)cc3)nc12.Cl. The maximum absolute atomic E-state index is 13.1. The third-order valence-corrected chi connectivity index (χ3v) is 7.32. The van der Waals surface area contributed by atoms with Crippen LogP contribution in [-0.2, 0) is 21.1 Å². The van der Waals surface area contributed by atoms with Crippen molar-refractivity contribution < 1.29 is 17.6 Å². The molecule has 0 aliphatic heterocycles. The second-order valence-electron chi connectivity index (χ2n) is 7.18. The van der Waals surface area contributed by atoms with Crippen LogP contribution in [0.1, 0.15) is 12.5 Å². The highest BCUT2D eigenvalue weighted by molar-refractivity contribution is 7.92. The van der Waals surface area contributed by atoms with Crippen LogP contribution in [0.2, 0.25) is 0 Å². The van der Waals surface area contributed by atoms with E-state index in [1.54, 1.807) is 0 Å². The van der Waals surface area contributed by atoms with Crippen LogP contribution in [0.4, 0.5) is 9.52 Å². The molecule has 1 amide bonds. The predicted octanol–water partition coefficient (Wildman–Crippen LogP) is 3.79. The summed E-state index contributed by atoms with van der Waals surface area (Å²) >= 11 is 1.37. The van der Waals surface area contributed by atoms with Gasteiger partial charge in [0, 0.05) is 13.1 Å². The molecule has 168 valence electrons. The number of hydrogen-bond donors (Lipinski definition) is 0. The molecule has 0 saturated carbocycles. The van der Waals surface area contributed by atoms with Crippen LogP contribution in [0.25, 0.3) is 10.2 Å². The zero-order valence-corrected chi connectivity index (χ0v) is 20.0. The Morgan fingerprint density at radius 3 is 2.39 bits per heavy atom. The first-order valence-corrected chi connectivity index (χ1v) is 12.0.